The van der Waals surface area contributed by atoms with Crippen molar-refractivity contribution < 1.29 is 33.5 Å². The number of ether oxygens (including phenoxy) is 2. The van der Waals surface area contributed by atoms with E-state index in [1.54, 1.807) is 82.3 Å². The number of carbonyl (C=O) groups is 3. The number of fused-ring (bicyclic) bond motifs is 1. The van der Waals surface area contributed by atoms with Crippen LogP contribution in [0.25, 0.3) is 0 Å². The molecular weight excluding hydrogens is 568 g/mol. The topological polar surface area (TPSA) is 158 Å². The van der Waals surface area contributed by atoms with Crippen LogP contribution in [0.4, 0.5) is 26.7 Å². The van der Waals surface area contributed by atoms with Gasteiger partial charge < -0.3 is 44.9 Å². The predicted molar refractivity (Wildman–Crippen MR) is 165 cm³/mol. The highest BCUT2D eigenvalue weighted by Crippen LogP contribution is 2.30. The van der Waals surface area contributed by atoms with Gasteiger partial charge >= 0.3 is 12.1 Å². The minimum atomic E-state index is -0.499. The van der Waals surface area contributed by atoms with Crippen molar-refractivity contribution in [1.29, 1.82) is 0 Å². The highest BCUT2D eigenvalue weighted by molar-refractivity contribution is 6.00. The first-order valence-corrected chi connectivity index (χ1v) is 14.4. The summed E-state index contributed by atoms with van der Waals surface area (Å²) in [5.74, 6) is 1.24. The lowest BCUT2D eigenvalue weighted by Gasteiger charge is -2.34. The fraction of sp³-hybridized carbons (Fsp3) is 0.419. The molecule has 2 heterocycles. The van der Waals surface area contributed by atoms with E-state index in [1.807, 2.05) is 6.92 Å². The number of hydrogen-bond donors (Lipinski definition) is 4. The first-order chi connectivity index (χ1) is 21.0. The minimum absolute atomic E-state index is 0.00604. The van der Waals surface area contributed by atoms with Crippen molar-refractivity contribution >= 4 is 35.0 Å². The third-order valence-corrected chi connectivity index (χ3v) is 7.59. The fourth-order valence-corrected chi connectivity index (χ4v) is 4.91. The second kappa shape index (κ2) is 14.1. The van der Waals surface area contributed by atoms with E-state index in [0.717, 1.165) is 0 Å². The van der Waals surface area contributed by atoms with Gasteiger partial charge in [-0.15, -0.1) is 0 Å². The zero-order valence-electron chi connectivity index (χ0n) is 25.8. The number of rotatable bonds is 8. The van der Waals surface area contributed by atoms with Crippen LogP contribution >= 0.6 is 0 Å². The van der Waals surface area contributed by atoms with Crippen LogP contribution in [-0.2, 0) is 11.2 Å². The van der Waals surface area contributed by atoms with E-state index in [-0.39, 0.29) is 37.4 Å². The Kier molecular flexibility index (Phi) is 10.3. The molecule has 13 heteroatoms. The van der Waals surface area contributed by atoms with Crippen LogP contribution in [0.3, 0.4) is 0 Å². The van der Waals surface area contributed by atoms with Gasteiger partial charge in [-0.25, -0.2) is 9.59 Å². The van der Waals surface area contributed by atoms with Gasteiger partial charge in [0.25, 0.3) is 0 Å². The van der Waals surface area contributed by atoms with Crippen molar-refractivity contribution in [3.63, 3.8) is 0 Å². The molecule has 0 unspecified atom stereocenters. The van der Waals surface area contributed by atoms with E-state index >= 15 is 0 Å². The molecular formula is C31H40N6O7. The Balaban J connectivity index is 1.55. The maximum absolute atomic E-state index is 13.5. The van der Waals surface area contributed by atoms with Crippen LogP contribution < -0.4 is 25.4 Å². The van der Waals surface area contributed by atoms with Crippen molar-refractivity contribution in [2.75, 3.05) is 49.8 Å². The number of anilines is 3. The van der Waals surface area contributed by atoms with Gasteiger partial charge in [0.15, 0.2) is 5.76 Å². The van der Waals surface area contributed by atoms with E-state index in [0.29, 0.717) is 52.1 Å². The Labute approximate surface area is 256 Å². The average Bonchev–Trinajstić information content (AvgIpc) is 3.33. The SMILES string of the molecule is COc1ccc(NC(=O)N(C)C[C@H]2Oc3ccc(NC(=O)Nc4c(C)noc4C)cc3CC(=O)N([C@H](C)CO)C[C@H]2C)cc1. The molecule has 0 saturated carbocycles. The molecule has 3 atom stereocenters. The lowest BCUT2D eigenvalue weighted by Crippen LogP contribution is -2.48. The monoisotopic (exact) mass is 608 g/mol. The molecule has 0 fully saturated rings. The van der Waals surface area contributed by atoms with Crippen LogP contribution in [-0.4, -0.2) is 84.0 Å². The smallest absolute Gasteiger partial charge is 0.323 e. The molecule has 4 N–H and O–H groups in total. The number of aliphatic hydroxyl groups is 1. The summed E-state index contributed by atoms with van der Waals surface area (Å²) >= 11 is 0. The Morgan fingerprint density at radius 1 is 1.14 bits per heavy atom. The van der Waals surface area contributed by atoms with Gasteiger partial charge in [0.1, 0.15) is 29.0 Å². The van der Waals surface area contributed by atoms with Crippen molar-refractivity contribution in [2.24, 2.45) is 5.92 Å². The normalized spacial score (nSPS) is 17.2. The molecule has 1 aromatic heterocycles. The third-order valence-electron chi connectivity index (χ3n) is 7.59. The summed E-state index contributed by atoms with van der Waals surface area (Å²) in [4.78, 5) is 42.5. The van der Waals surface area contributed by atoms with Gasteiger partial charge in [-0.3, -0.25) is 4.79 Å². The lowest BCUT2D eigenvalue weighted by molar-refractivity contribution is -0.134. The quantitative estimate of drug-likeness (QED) is 0.295. The molecule has 44 heavy (non-hydrogen) atoms. The van der Waals surface area contributed by atoms with Crippen LogP contribution in [0.2, 0.25) is 0 Å². The predicted octanol–water partition coefficient (Wildman–Crippen LogP) is 4.26. The van der Waals surface area contributed by atoms with Gasteiger partial charge in [0.05, 0.1) is 32.7 Å². The number of aromatic nitrogens is 1. The van der Waals surface area contributed by atoms with Crippen molar-refractivity contribution in [1.82, 2.24) is 15.0 Å². The van der Waals surface area contributed by atoms with Crippen molar-refractivity contribution in [3.8, 4) is 11.5 Å². The number of methoxy groups -OCH3 is 1. The van der Waals surface area contributed by atoms with E-state index in [2.05, 4.69) is 21.1 Å². The van der Waals surface area contributed by atoms with Crippen LogP contribution in [0.15, 0.2) is 47.0 Å². The minimum Gasteiger partial charge on any atom is -0.497 e. The molecule has 1 aliphatic heterocycles. The number of carbonyl (C=O) groups excluding carboxylic acids is 3. The van der Waals surface area contributed by atoms with Gasteiger partial charge in [-0.05, 0) is 63.2 Å². The van der Waals surface area contributed by atoms with E-state index in [9.17, 15) is 19.5 Å². The maximum atomic E-state index is 13.5. The number of urea groups is 2. The zero-order valence-corrected chi connectivity index (χ0v) is 25.8. The highest BCUT2D eigenvalue weighted by Gasteiger charge is 2.32. The molecule has 0 spiro atoms. The zero-order chi connectivity index (χ0) is 32.0. The standard InChI is InChI=1S/C31H40N6O7/c1-18-15-37(19(2)17-38)28(39)14-22-13-24(32-30(40)34-29-20(3)35-44-21(29)4)9-12-26(22)43-27(18)16-36(5)31(41)33-23-7-10-25(42-6)11-8-23/h7-13,18-19,27,38H,14-17H2,1-6H3,(H,33,41)(H2,32,34,40)/t18-,19-,27-/m1/s1. The molecule has 0 saturated heterocycles. The summed E-state index contributed by atoms with van der Waals surface area (Å²) in [7, 11) is 3.25. The number of benzene rings is 2. The first-order valence-electron chi connectivity index (χ1n) is 14.4. The number of aryl methyl sites for hydroxylation is 2. The number of hydrogen-bond acceptors (Lipinski definition) is 8. The molecule has 236 valence electrons. The molecule has 1 aliphatic rings. The van der Waals surface area contributed by atoms with Crippen LogP contribution in [0.5, 0.6) is 11.5 Å². The van der Waals surface area contributed by atoms with E-state index in [4.69, 9.17) is 14.0 Å². The van der Waals surface area contributed by atoms with Gasteiger partial charge in [0.2, 0.25) is 5.91 Å². The number of nitrogens with zero attached hydrogens (tertiary/aromatic N) is 3. The Morgan fingerprint density at radius 3 is 2.48 bits per heavy atom. The van der Waals surface area contributed by atoms with E-state index in [1.165, 1.54) is 4.90 Å². The number of likely N-dealkylation sites (N-methyl/N-ethyl adjacent to an activating group) is 1. The Bertz CT molecular complexity index is 1460. The number of aliphatic hydroxyl groups excluding tert-OH is 1. The first kappa shape index (κ1) is 32.1. The van der Waals surface area contributed by atoms with Gasteiger partial charge in [0, 0.05) is 36.4 Å². The van der Waals surface area contributed by atoms with E-state index < -0.39 is 18.2 Å². The maximum Gasteiger partial charge on any atom is 0.323 e. The Hall–Kier alpha value is -4.78. The van der Waals surface area contributed by atoms with Crippen LogP contribution in [0.1, 0.15) is 30.9 Å². The molecule has 3 aromatic rings. The molecule has 2 aromatic carbocycles. The summed E-state index contributed by atoms with van der Waals surface area (Å²) < 4.78 is 16.8. The average molecular weight is 609 g/mol. The molecule has 0 aliphatic carbocycles. The van der Waals surface area contributed by atoms with Crippen molar-refractivity contribution in [3.05, 3.63) is 59.5 Å². The third kappa shape index (κ3) is 7.78. The molecule has 5 amide bonds. The second-order valence-corrected chi connectivity index (χ2v) is 11.0. The van der Waals surface area contributed by atoms with Gasteiger partial charge in [-0.1, -0.05) is 12.1 Å². The molecule has 13 nitrogen and oxygen atoms in total. The summed E-state index contributed by atoms with van der Waals surface area (Å²) in [5, 5.41) is 22.1. The van der Waals surface area contributed by atoms with Crippen molar-refractivity contribution in [2.45, 2.75) is 46.3 Å². The second-order valence-electron chi connectivity index (χ2n) is 11.0. The fourth-order valence-electron chi connectivity index (χ4n) is 4.91. The molecule has 0 bridgehead atoms. The van der Waals surface area contributed by atoms with Crippen LogP contribution in [0, 0.1) is 19.8 Å². The highest BCUT2D eigenvalue weighted by atomic mass is 16.5. The summed E-state index contributed by atoms with van der Waals surface area (Å²) in [6, 6.07) is 10.8. The summed E-state index contributed by atoms with van der Waals surface area (Å²) in [5.41, 5.74) is 2.65. The molecule has 4 rings (SSSR count). The van der Waals surface area contributed by atoms with Gasteiger partial charge in [-0.2, -0.15) is 0 Å². The largest absolute Gasteiger partial charge is 0.497 e. The number of amides is 5. The molecule has 0 radical (unpaired) electrons. The number of nitrogens with one attached hydrogen (secondary N) is 3. The Morgan fingerprint density at radius 2 is 1.84 bits per heavy atom. The summed E-state index contributed by atoms with van der Waals surface area (Å²) in [6.07, 6.45) is -0.505. The lowest BCUT2D eigenvalue weighted by atomic mass is 10.0. The summed E-state index contributed by atoms with van der Waals surface area (Å²) in [6.45, 7) is 7.49.